The Morgan fingerprint density at radius 1 is 1.41 bits per heavy atom. The number of rotatable bonds is 6. The molecule has 2 N–H and O–H groups in total. The molecule has 0 aliphatic carbocycles. The second-order valence-corrected chi connectivity index (χ2v) is 7.03. The number of halogens is 2. The van der Waals surface area contributed by atoms with Crippen LogP contribution in [-0.2, 0) is 13.5 Å². The van der Waals surface area contributed by atoms with Gasteiger partial charge in [-0.25, -0.2) is 0 Å². The summed E-state index contributed by atoms with van der Waals surface area (Å²) >= 11 is 6.12. The average molecular weight is 503 g/mol. The van der Waals surface area contributed by atoms with E-state index < -0.39 is 0 Å². The summed E-state index contributed by atoms with van der Waals surface area (Å²) in [6.07, 6.45) is 5.91. The molecular weight excluding hydrogens is 475 g/mol. The highest BCUT2D eigenvalue weighted by atomic mass is 127. The fourth-order valence-electron chi connectivity index (χ4n) is 3.20. The molecule has 2 heterocycles. The minimum atomic E-state index is 0. The predicted molar refractivity (Wildman–Crippen MR) is 124 cm³/mol. The van der Waals surface area contributed by atoms with E-state index in [0.29, 0.717) is 6.04 Å². The first kappa shape index (κ1) is 21.8. The minimum absolute atomic E-state index is 0. The summed E-state index contributed by atoms with van der Waals surface area (Å²) in [4.78, 5) is 7.07. The maximum atomic E-state index is 6.12. The lowest BCUT2D eigenvalue weighted by Crippen LogP contribution is -2.44. The van der Waals surface area contributed by atoms with Gasteiger partial charge in [-0.2, -0.15) is 5.10 Å². The minimum Gasteiger partial charge on any atom is -0.369 e. The molecule has 0 spiro atoms. The van der Waals surface area contributed by atoms with Crippen molar-refractivity contribution in [1.29, 1.82) is 0 Å². The van der Waals surface area contributed by atoms with E-state index in [4.69, 9.17) is 16.6 Å². The van der Waals surface area contributed by atoms with Gasteiger partial charge in [0.2, 0.25) is 0 Å². The van der Waals surface area contributed by atoms with Gasteiger partial charge in [0.05, 0.1) is 6.20 Å². The van der Waals surface area contributed by atoms with Crippen molar-refractivity contribution >= 4 is 47.2 Å². The SMILES string of the molecule is CCNC(=NCCc1cnn(C)c1)NC1CCN(c2cccc(Cl)c2)C1.I. The van der Waals surface area contributed by atoms with Crippen molar-refractivity contribution < 1.29 is 0 Å². The molecule has 0 bridgehead atoms. The third-order valence-electron chi connectivity index (χ3n) is 4.48. The van der Waals surface area contributed by atoms with Gasteiger partial charge in [0, 0.05) is 56.2 Å². The summed E-state index contributed by atoms with van der Waals surface area (Å²) < 4.78 is 1.82. The molecule has 0 saturated carbocycles. The van der Waals surface area contributed by atoms with Crippen LogP contribution in [0.2, 0.25) is 5.02 Å². The zero-order chi connectivity index (χ0) is 18.4. The second kappa shape index (κ2) is 10.8. The molecule has 1 fully saturated rings. The van der Waals surface area contributed by atoms with Gasteiger partial charge in [0.1, 0.15) is 0 Å². The number of guanidine groups is 1. The Morgan fingerprint density at radius 3 is 2.96 bits per heavy atom. The quantitative estimate of drug-likeness (QED) is 0.362. The van der Waals surface area contributed by atoms with Crippen LogP contribution in [0, 0.1) is 0 Å². The lowest BCUT2D eigenvalue weighted by Gasteiger charge is -2.20. The highest BCUT2D eigenvalue weighted by Crippen LogP contribution is 2.23. The summed E-state index contributed by atoms with van der Waals surface area (Å²) in [5.41, 5.74) is 2.39. The topological polar surface area (TPSA) is 57.5 Å². The Morgan fingerprint density at radius 2 is 2.26 bits per heavy atom. The number of aryl methyl sites for hydroxylation is 1. The highest BCUT2D eigenvalue weighted by Gasteiger charge is 2.23. The van der Waals surface area contributed by atoms with E-state index in [9.17, 15) is 0 Å². The Bertz CT molecular complexity index is 747. The normalized spacial score (nSPS) is 16.9. The monoisotopic (exact) mass is 502 g/mol. The molecule has 1 aromatic heterocycles. The van der Waals surface area contributed by atoms with Crippen molar-refractivity contribution in [2.24, 2.45) is 12.0 Å². The van der Waals surface area contributed by atoms with Gasteiger partial charge in [0.15, 0.2) is 5.96 Å². The van der Waals surface area contributed by atoms with Crippen molar-refractivity contribution in [2.45, 2.75) is 25.8 Å². The number of nitrogens with zero attached hydrogens (tertiary/aromatic N) is 4. The summed E-state index contributed by atoms with van der Waals surface area (Å²) in [5.74, 6) is 0.884. The molecule has 1 saturated heterocycles. The molecule has 3 rings (SSSR count). The number of hydrogen-bond acceptors (Lipinski definition) is 3. The lowest BCUT2D eigenvalue weighted by molar-refractivity contribution is 0.649. The molecule has 1 aliphatic rings. The number of nitrogens with one attached hydrogen (secondary N) is 2. The number of aromatic nitrogens is 2. The van der Waals surface area contributed by atoms with Crippen LogP contribution in [0.15, 0.2) is 41.7 Å². The van der Waals surface area contributed by atoms with E-state index in [1.54, 1.807) is 0 Å². The zero-order valence-corrected chi connectivity index (χ0v) is 18.9. The fourth-order valence-corrected chi connectivity index (χ4v) is 3.38. The van der Waals surface area contributed by atoms with E-state index in [1.807, 2.05) is 42.3 Å². The third kappa shape index (κ3) is 6.57. The fraction of sp³-hybridized carbons (Fsp3) is 0.474. The van der Waals surface area contributed by atoms with Crippen molar-refractivity contribution in [2.75, 3.05) is 31.1 Å². The lowest BCUT2D eigenvalue weighted by atomic mass is 10.2. The highest BCUT2D eigenvalue weighted by molar-refractivity contribution is 14.0. The van der Waals surface area contributed by atoms with E-state index in [2.05, 4.69) is 33.6 Å². The molecule has 2 aromatic rings. The van der Waals surface area contributed by atoms with Crippen molar-refractivity contribution in [3.8, 4) is 0 Å². The molecule has 1 unspecified atom stereocenters. The van der Waals surface area contributed by atoms with Crippen LogP contribution in [-0.4, -0.2) is 48.0 Å². The standard InChI is InChI=1S/C19H27ClN6.HI/c1-3-21-19(22-9-7-15-12-23-25(2)13-15)24-17-8-10-26(14-17)18-6-4-5-16(20)11-18;/h4-6,11-13,17H,3,7-10,14H2,1-2H3,(H2,21,22,24);1H. The molecule has 27 heavy (non-hydrogen) atoms. The van der Waals surface area contributed by atoms with Gasteiger partial charge in [-0.15, -0.1) is 24.0 Å². The maximum absolute atomic E-state index is 6.12. The third-order valence-corrected chi connectivity index (χ3v) is 4.71. The van der Waals surface area contributed by atoms with Gasteiger partial charge < -0.3 is 15.5 Å². The van der Waals surface area contributed by atoms with Crippen molar-refractivity contribution in [3.63, 3.8) is 0 Å². The zero-order valence-electron chi connectivity index (χ0n) is 15.9. The Kier molecular flexibility index (Phi) is 8.69. The van der Waals surface area contributed by atoms with Gasteiger partial charge in [-0.05, 0) is 43.5 Å². The van der Waals surface area contributed by atoms with Crippen LogP contribution < -0.4 is 15.5 Å². The summed E-state index contributed by atoms with van der Waals surface area (Å²) in [6.45, 7) is 5.65. The van der Waals surface area contributed by atoms with Crippen LogP contribution >= 0.6 is 35.6 Å². The molecule has 8 heteroatoms. The molecule has 1 aliphatic heterocycles. The molecule has 1 atom stereocenters. The van der Waals surface area contributed by atoms with Gasteiger partial charge >= 0.3 is 0 Å². The Labute approximate surface area is 183 Å². The smallest absolute Gasteiger partial charge is 0.191 e. The van der Waals surface area contributed by atoms with E-state index >= 15 is 0 Å². The van der Waals surface area contributed by atoms with E-state index in [1.165, 1.54) is 11.3 Å². The number of benzene rings is 1. The average Bonchev–Trinajstić information content (AvgIpc) is 3.24. The van der Waals surface area contributed by atoms with Gasteiger partial charge in [-0.1, -0.05) is 17.7 Å². The number of aliphatic imine (C=N–C) groups is 1. The Hall–Kier alpha value is -1.48. The summed E-state index contributed by atoms with van der Waals surface area (Å²) in [6, 6.07) is 8.43. The molecule has 1 aromatic carbocycles. The molecule has 0 amide bonds. The van der Waals surface area contributed by atoms with Crippen molar-refractivity contribution in [3.05, 3.63) is 47.2 Å². The van der Waals surface area contributed by atoms with Gasteiger partial charge in [0.25, 0.3) is 0 Å². The molecule has 6 nitrogen and oxygen atoms in total. The van der Waals surface area contributed by atoms with Crippen LogP contribution in [0.5, 0.6) is 0 Å². The first-order chi connectivity index (χ1) is 12.6. The van der Waals surface area contributed by atoms with E-state index in [-0.39, 0.29) is 24.0 Å². The molecular formula is C19H28ClIN6. The first-order valence-electron chi connectivity index (χ1n) is 9.17. The molecule has 148 valence electrons. The van der Waals surface area contributed by atoms with Gasteiger partial charge in [-0.3, -0.25) is 9.67 Å². The van der Waals surface area contributed by atoms with E-state index in [0.717, 1.165) is 50.0 Å². The molecule has 0 radical (unpaired) electrons. The second-order valence-electron chi connectivity index (χ2n) is 6.59. The number of anilines is 1. The Balaban J connectivity index is 0.00000261. The van der Waals surface area contributed by atoms with Crippen molar-refractivity contribution in [1.82, 2.24) is 20.4 Å². The predicted octanol–water partition coefficient (Wildman–Crippen LogP) is 3.07. The summed E-state index contributed by atoms with van der Waals surface area (Å²) in [7, 11) is 1.93. The van der Waals surface area contributed by atoms with Crippen LogP contribution in [0.1, 0.15) is 18.9 Å². The van der Waals surface area contributed by atoms with Crippen LogP contribution in [0.3, 0.4) is 0 Å². The summed E-state index contributed by atoms with van der Waals surface area (Å²) in [5, 5.41) is 11.9. The van der Waals surface area contributed by atoms with Crippen LogP contribution in [0.25, 0.3) is 0 Å². The number of hydrogen-bond donors (Lipinski definition) is 2. The van der Waals surface area contributed by atoms with Crippen LogP contribution in [0.4, 0.5) is 5.69 Å². The largest absolute Gasteiger partial charge is 0.369 e. The first-order valence-corrected chi connectivity index (χ1v) is 9.54. The maximum Gasteiger partial charge on any atom is 0.191 e.